The predicted molar refractivity (Wildman–Crippen MR) is 53.1 cm³/mol. The number of hydrogen-bond acceptors (Lipinski definition) is 2. The van der Waals surface area contributed by atoms with Crippen LogP contribution in [0.15, 0.2) is 33.6 Å². The number of carboxylic acid groups (broad SMARTS) is 1. The number of aliphatic carboxylic acids is 1. The summed E-state index contributed by atoms with van der Waals surface area (Å²) in [6.07, 6.45) is 0. The molecule has 0 spiro atoms. The molecule has 0 heterocycles. The van der Waals surface area contributed by atoms with Gasteiger partial charge >= 0.3 is 5.97 Å². The second-order valence-electron chi connectivity index (χ2n) is 2.34. The fourth-order valence-electron chi connectivity index (χ4n) is 0.782. The molecule has 0 fully saturated rings. The van der Waals surface area contributed by atoms with Crippen molar-refractivity contribution in [1.82, 2.24) is 0 Å². The maximum absolute atomic E-state index is 11.3. The van der Waals surface area contributed by atoms with Crippen molar-refractivity contribution in [3.05, 3.63) is 28.7 Å². The van der Waals surface area contributed by atoms with Crippen molar-refractivity contribution in [2.45, 2.75) is 4.90 Å². The van der Waals surface area contributed by atoms with Gasteiger partial charge in [-0.3, -0.25) is 9.00 Å². The van der Waals surface area contributed by atoms with Gasteiger partial charge in [0, 0.05) is 9.37 Å². The summed E-state index contributed by atoms with van der Waals surface area (Å²) < 4.78 is 12.2. The third kappa shape index (κ3) is 3.28. The summed E-state index contributed by atoms with van der Waals surface area (Å²) in [5, 5.41) is 8.40. The SMILES string of the molecule is O=C(O)C[S@@](=O)c1ccc(Br)cc1. The maximum Gasteiger partial charge on any atom is 0.316 e. The number of benzene rings is 1. The van der Waals surface area contributed by atoms with Crippen molar-refractivity contribution in [3.63, 3.8) is 0 Å². The molecule has 1 N–H and O–H groups in total. The highest BCUT2D eigenvalue weighted by Crippen LogP contribution is 2.13. The molecule has 3 nitrogen and oxygen atoms in total. The summed E-state index contributed by atoms with van der Waals surface area (Å²) in [6.45, 7) is 0. The predicted octanol–water partition coefficient (Wildman–Crippen LogP) is 1.64. The van der Waals surface area contributed by atoms with Crippen LogP contribution in [0.1, 0.15) is 0 Å². The van der Waals surface area contributed by atoms with Crippen LogP contribution in [-0.2, 0) is 15.6 Å². The molecule has 0 bridgehead atoms. The van der Waals surface area contributed by atoms with Gasteiger partial charge < -0.3 is 5.11 Å². The minimum Gasteiger partial charge on any atom is -0.481 e. The van der Waals surface area contributed by atoms with E-state index in [0.717, 1.165) is 4.47 Å². The zero-order chi connectivity index (χ0) is 9.84. The highest BCUT2D eigenvalue weighted by molar-refractivity contribution is 9.10. The van der Waals surface area contributed by atoms with Crippen LogP contribution in [0.2, 0.25) is 0 Å². The van der Waals surface area contributed by atoms with Crippen LogP contribution in [0, 0.1) is 0 Å². The third-order valence-electron chi connectivity index (χ3n) is 1.33. The van der Waals surface area contributed by atoms with E-state index < -0.39 is 16.8 Å². The van der Waals surface area contributed by atoms with Gasteiger partial charge in [0.05, 0.1) is 10.8 Å². The second kappa shape index (κ2) is 4.53. The molecule has 1 rings (SSSR count). The molecule has 70 valence electrons. The van der Waals surface area contributed by atoms with Crippen molar-refractivity contribution in [2.75, 3.05) is 5.75 Å². The van der Waals surface area contributed by atoms with Gasteiger partial charge in [-0.25, -0.2) is 0 Å². The van der Waals surface area contributed by atoms with Crippen molar-refractivity contribution in [3.8, 4) is 0 Å². The van der Waals surface area contributed by atoms with Gasteiger partial charge in [-0.05, 0) is 24.3 Å². The van der Waals surface area contributed by atoms with E-state index in [1.807, 2.05) is 0 Å². The lowest BCUT2D eigenvalue weighted by molar-refractivity contribution is -0.133. The van der Waals surface area contributed by atoms with E-state index in [4.69, 9.17) is 5.11 Å². The number of rotatable bonds is 3. The zero-order valence-corrected chi connectivity index (χ0v) is 8.97. The highest BCUT2D eigenvalue weighted by Gasteiger charge is 2.07. The lowest BCUT2D eigenvalue weighted by Crippen LogP contribution is -2.08. The molecular weight excluding hydrogens is 256 g/mol. The van der Waals surface area contributed by atoms with Gasteiger partial charge in [-0.15, -0.1) is 0 Å². The Morgan fingerprint density at radius 2 is 1.92 bits per heavy atom. The van der Waals surface area contributed by atoms with Crippen LogP contribution in [0.3, 0.4) is 0 Å². The molecule has 0 aliphatic rings. The maximum atomic E-state index is 11.3. The first-order chi connectivity index (χ1) is 6.09. The Balaban J connectivity index is 2.78. The van der Waals surface area contributed by atoms with Crippen molar-refractivity contribution >= 4 is 32.7 Å². The first-order valence-electron chi connectivity index (χ1n) is 3.45. The number of halogens is 1. The van der Waals surface area contributed by atoms with Gasteiger partial charge in [0.2, 0.25) is 0 Å². The van der Waals surface area contributed by atoms with Crippen molar-refractivity contribution < 1.29 is 14.1 Å². The lowest BCUT2D eigenvalue weighted by Gasteiger charge is -1.98. The van der Waals surface area contributed by atoms with Gasteiger partial charge in [0.15, 0.2) is 0 Å². The molecule has 0 saturated heterocycles. The molecule has 0 aliphatic carbocycles. The molecule has 0 radical (unpaired) electrons. The van der Waals surface area contributed by atoms with E-state index in [2.05, 4.69) is 15.9 Å². The van der Waals surface area contributed by atoms with Crippen LogP contribution in [0.5, 0.6) is 0 Å². The fraction of sp³-hybridized carbons (Fsp3) is 0.125. The molecule has 0 unspecified atom stereocenters. The standard InChI is InChI=1S/C8H7BrO3S/c9-6-1-3-7(4-2-6)13(12)5-8(10)11/h1-4H,5H2,(H,10,11)/t13-/m1/s1. The third-order valence-corrected chi connectivity index (χ3v) is 3.17. The molecule has 0 aromatic heterocycles. The lowest BCUT2D eigenvalue weighted by atomic mass is 10.4. The first kappa shape index (κ1) is 10.4. The van der Waals surface area contributed by atoms with E-state index in [1.165, 1.54) is 0 Å². The minimum absolute atomic E-state index is 0.346. The molecule has 1 aromatic rings. The van der Waals surface area contributed by atoms with E-state index >= 15 is 0 Å². The summed E-state index contributed by atoms with van der Waals surface area (Å²) in [4.78, 5) is 10.8. The van der Waals surface area contributed by atoms with Crippen LogP contribution in [0.4, 0.5) is 0 Å². The van der Waals surface area contributed by atoms with Crippen LogP contribution >= 0.6 is 15.9 Å². The Morgan fingerprint density at radius 3 is 2.38 bits per heavy atom. The molecule has 1 atom stereocenters. The molecular formula is C8H7BrO3S. The average Bonchev–Trinajstić information content (AvgIpc) is 2.04. The minimum atomic E-state index is -1.44. The average molecular weight is 263 g/mol. The number of hydrogen-bond donors (Lipinski definition) is 1. The normalized spacial score (nSPS) is 12.4. The molecule has 13 heavy (non-hydrogen) atoms. The largest absolute Gasteiger partial charge is 0.481 e. The van der Waals surface area contributed by atoms with Crippen molar-refractivity contribution in [1.29, 1.82) is 0 Å². The van der Waals surface area contributed by atoms with Gasteiger partial charge in [-0.2, -0.15) is 0 Å². The Labute approximate surface area is 86.4 Å². The second-order valence-corrected chi connectivity index (χ2v) is 4.70. The summed E-state index contributed by atoms with van der Waals surface area (Å²) >= 11 is 3.23. The summed E-state index contributed by atoms with van der Waals surface area (Å²) in [5.41, 5.74) is 0. The van der Waals surface area contributed by atoms with Crippen LogP contribution in [-0.4, -0.2) is 21.0 Å². The molecule has 0 aliphatic heterocycles. The molecule has 5 heteroatoms. The number of carbonyl (C=O) groups is 1. The Morgan fingerprint density at radius 1 is 1.38 bits per heavy atom. The highest BCUT2D eigenvalue weighted by atomic mass is 79.9. The molecule has 0 saturated carbocycles. The summed E-state index contributed by atoms with van der Waals surface area (Å²) in [6, 6.07) is 6.75. The smallest absolute Gasteiger partial charge is 0.316 e. The van der Waals surface area contributed by atoms with Crippen LogP contribution < -0.4 is 0 Å². The van der Waals surface area contributed by atoms with Gasteiger partial charge in [0.1, 0.15) is 5.75 Å². The number of carboxylic acids is 1. The summed E-state index contributed by atoms with van der Waals surface area (Å²) in [7, 11) is -1.44. The fourth-order valence-corrected chi connectivity index (χ4v) is 1.88. The van der Waals surface area contributed by atoms with Gasteiger partial charge in [-0.1, -0.05) is 15.9 Å². The quantitative estimate of drug-likeness (QED) is 0.901. The van der Waals surface area contributed by atoms with E-state index in [-0.39, 0.29) is 5.75 Å². The van der Waals surface area contributed by atoms with Crippen molar-refractivity contribution in [2.24, 2.45) is 0 Å². The summed E-state index contributed by atoms with van der Waals surface area (Å²) in [5.74, 6) is -1.40. The molecule has 0 amide bonds. The topological polar surface area (TPSA) is 54.4 Å². The Bertz CT molecular complexity index is 334. The van der Waals surface area contributed by atoms with Crippen LogP contribution in [0.25, 0.3) is 0 Å². The molecule has 1 aromatic carbocycles. The first-order valence-corrected chi connectivity index (χ1v) is 5.56. The van der Waals surface area contributed by atoms with E-state index in [0.29, 0.717) is 4.90 Å². The van der Waals surface area contributed by atoms with Gasteiger partial charge in [0.25, 0.3) is 0 Å². The Hall–Kier alpha value is -0.680. The monoisotopic (exact) mass is 262 g/mol. The van der Waals surface area contributed by atoms with E-state index in [1.54, 1.807) is 24.3 Å². The zero-order valence-electron chi connectivity index (χ0n) is 6.57. The van der Waals surface area contributed by atoms with E-state index in [9.17, 15) is 9.00 Å². The Kier molecular flexibility index (Phi) is 3.62.